The molecular weight excluding hydrogens is 411 g/mol. The quantitative estimate of drug-likeness (QED) is 0.318. The molecule has 3 aromatic heterocycles. The Labute approximate surface area is 182 Å². The van der Waals surface area contributed by atoms with E-state index in [1.807, 2.05) is 6.07 Å². The van der Waals surface area contributed by atoms with Gasteiger partial charge in [-0.3, -0.25) is 9.20 Å². The lowest BCUT2D eigenvalue weighted by Crippen LogP contribution is -2.30. The van der Waals surface area contributed by atoms with Gasteiger partial charge < -0.3 is 25.8 Å². The van der Waals surface area contributed by atoms with E-state index in [0.29, 0.717) is 53.8 Å². The van der Waals surface area contributed by atoms with Crippen molar-refractivity contribution in [3.8, 4) is 11.6 Å². The lowest BCUT2D eigenvalue weighted by molar-refractivity contribution is 0.100. The van der Waals surface area contributed by atoms with Crippen molar-refractivity contribution < 1.29 is 19.6 Å². The number of hydrogen-bond donors (Lipinski definition) is 4. The Kier molecular flexibility index (Phi) is 5.06. The van der Waals surface area contributed by atoms with E-state index in [-0.39, 0.29) is 0 Å². The summed E-state index contributed by atoms with van der Waals surface area (Å²) in [5.41, 5.74) is 9.32. The number of nitrogens with one attached hydrogen (secondary N) is 1. The molecule has 0 radical (unpaired) electrons. The molecule has 32 heavy (non-hydrogen) atoms. The predicted molar refractivity (Wildman–Crippen MR) is 117 cm³/mol. The first kappa shape index (κ1) is 20.1. The van der Waals surface area contributed by atoms with Crippen molar-refractivity contribution in [2.24, 2.45) is 5.73 Å². The Morgan fingerprint density at radius 2 is 2.09 bits per heavy atom. The number of aromatic nitrogens is 4. The fourth-order valence-electron chi connectivity index (χ4n) is 3.74. The van der Waals surface area contributed by atoms with E-state index >= 15 is 0 Å². The molecule has 0 saturated heterocycles. The zero-order valence-electron chi connectivity index (χ0n) is 16.9. The van der Waals surface area contributed by atoms with Gasteiger partial charge in [0.1, 0.15) is 5.82 Å². The Hall–Kier alpha value is -3.80. The molecule has 5 N–H and O–H groups in total. The summed E-state index contributed by atoms with van der Waals surface area (Å²) >= 11 is 0. The second kappa shape index (κ2) is 8.04. The van der Waals surface area contributed by atoms with Crippen LogP contribution in [0.3, 0.4) is 0 Å². The monoisotopic (exact) mass is 430 g/mol. The van der Waals surface area contributed by atoms with Gasteiger partial charge in [0, 0.05) is 18.3 Å². The van der Waals surface area contributed by atoms with Gasteiger partial charge in [0.2, 0.25) is 0 Å². The molecule has 1 aliphatic heterocycles. The zero-order valence-corrected chi connectivity index (χ0v) is 16.9. The van der Waals surface area contributed by atoms with Gasteiger partial charge in [-0.15, -0.1) is 0 Å². The van der Waals surface area contributed by atoms with Crippen LogP contribution in [0.25, 0.3) is 17.2 Å². The lowest BCUT2D eigenvalue weighted by Gasteiger charge is -2.12. The number of amides is 1. The number of carbonyl (C=O) groups excluding carboxylic acids is 1. The normalized spacial score (nSPS) is 12.7. The Morgan fingerprint density at radius 3 is 2.91 bits per heavy atom. The van der Waals surface area contributed by atoms with E-state index in [1.165, 1.54) is 0 Å². The number of hydrogen-bond acceptors (Lipinski definition) is 8. The highest BCUT2D eigenvalue weighted by molar-refractivity contribution is 6.58. The number of rotatable bonds is 6. The molecule has 160 valence electrons. The Bertz CT molecular complexity index is 1340. The molecule has 10 nitrogen and oxygen atoms in total. The van der Waals surface area contributed by atoms with Crippen molar-refractivity contribution in [2.75, 3.05) is 5.32 Å². The number of fused-ring (bicyclic) bond motifs is 2. The average Bonchev–Trinajstić information content (AvgIpc) is 3.44. The van der Waals surface area contributed by atoms with Gasteiger partial charge in [0.15, 0.2) is 11.6 Å². The Balaban J connectivity index is 1.52. The van der Waals surface area contributed by atoms with Crippen molar-refractivity contribution in [1.82, 2.24) is 19.4 Å². The predicted octanol–water partition coefficient (Wildman–Crippen LogP) is 0.212. The van der Waals surface area contributed by atoms with Crippen LogP contribution in [0.5, 0.6) is 0 Å². The van der Waals surface area contributed by atoms with Crippen LogP contribution in [-0.4, -0.2) is 42.4 Å². The van der Waals surface area contributed by atoms with E-state index in [1.54, 1.807) is 47.1 Å². The standard InChI is InChI=1S/C21H19BN6O4/c23-18(29)14-5-2-6-28-17(14)9-25-21(28)20-26-16-11-32-10-15(16)19(27-20)24-8-12-3-1-4-13(7-12)22(30)31/h1-7,9,30-31H,8,10-11H2,(H2,23,29)(H,24,26,27). The summed E-state index contributed by atoms with van der Waals surface area (Å²) in [5, 5.41) is 22.1. The van der Waals surface area contributed by atoms with Gasteiger partial charge >= 0.3 is 7.12 Å². The third-order valence-electron chi connectivity index (χ3n) is 5.32. The largest absolute Gasteiger partial charge is 0.488 e. The first-order valence-corrected chi connectivity index (χ1v) is 9.94. The number of nitrogens with two attached hydrogens (primary N) is 1. The maximum Gasteiger partial charge on any atom is 0.488 e. The number of imidazole rings is 1. The molecule has 0 aliphatic carbocycles. The molecule has 1 aliphatic rings. The summed E-state index contributed by atoms with van der Waals surface area (Å²) in [6.45, 7) is 1.17. The van der Waals surface area contributed by atoms with Crippen LogP contribution in [0.4, 0.5) is 5.82 Å². The first-order chi connectivity index (χ1) is 15.5. The van der Waals surface area contributed by atoms with E-state index in [2.05, 4.69) is 20.3 Å². The highest BCUT2D eigenvalue weighted by atomic mass is 16.5. The Morgan fingerprint density at radius 1 is 1.22 bits per heavy atom. The molecule has 0 atom stereocenters. The van der Waals surface area contributed by atoms with Crippen LogP contribution in [0, 0.1) is 0 Å². The zero-order chi connectivity index (χ0) is 22.2. The number of anilines is 1. The van der Waals surface area contributed by atoms with Gasteiger partial charge in [0.25, 0.3) is 5.91 Å². The summed E-state index contributed by atoms with van der Waals surface area (Å²) in [5.74, 6) is 0.937. The molecule has 0 saturated carbocycles. The smallest absolute Gasteiger partial charge is 0.423 e. The van der Waals surface area contributed by atoms with Crippen LogP contribution in [0.1, 0.15) is 27.2 Å². The van der Waals surface area contributed by atoms with Crippen molar-refractivity contribution in [1.29, 1.82) is 0 Å². The summed E-state index contributed by atoms with van der Waals surface area (Å²) in [6, 6.07) is 10.4. The summed E-state index contributed by atoms with van der Waals surface area (Å²) in [7, 11) is -1.53. The molecule has 4 heterocycles. The molecule has 0 unspecified atom stereocenters. The summed E-state index contributed by atoms with van der Waals surface area (Å²) in [6.07, 6.45) is 3.34. The van der Waals surface area contributed by atoms with Crippen LogP contribution >= 0.6 is 0 Å². The van der Waals surface area contributed by atoms with Gasteiger partial charge in [-0.05, 0) is 23.2 Å². The van der Waals surface area contributed by atoms with Gasteiger partial charge in [0.05, 0.1) is 36.2 Å². The molecule has 1 amide bonds. The SMILES string of the molecule is NC(=O)c1cccn2c(-c3nc4c(c(NCc5cccc(B(O)O)c5)n3)COC4)ncc12. The minimum Gasteiger partial charge on any atom is -0.423 e. The molecular formula is C21H19BN6O4. The van der Waals surface area contributed by atoms with Gasteiger partial charge in [-0.1, -0.05) is 24.3 Å². The van der Waals surface area contributed by atoms with Crippen LogP contribution in [-0.2, 0) is 24.5 Å². The molecule has 5 rings (SSSR count). The van der Waals surface area contributed by atoms with E-state index in [4.69, 9.17) is 10.5 Å². The number of ether oxygens (including phenoxy) is 1. The highest BCUT2D eigenvalue weighted by Gasteiger charge is 2.23. The van der Waals surface area contributed by atoms with Crippen LogP contribution in [0.15, 0.2) is 48.8 Å². The topological polar surface area (TPSA) is 148 Å². The molecule has 0 bridgehead atoms. The number of benzene rings is 1. The average molecular weight is 430 g/mol. The number of primary amides is 1. The van der Waals surface area contributed by atoms with Crippen molar-refractivity contribution in [3.05, 3.63) is 71.2 Å². The second-order valence-electron chi connectivity index (χ2n) is 7.41. The fraction of sp³-hybridized carbons (Fsp3) is 0.143. The maximum absolute atomic E-state index is 11.7. The van der Waals surface area contributed by atoms with Crippen molar-refractivity contribution in [3.63, 3.8) is 0 Å². The fourth-order valence-corrected chi connectivity index (χ4v) is 3.74. The maximum atomic E-state index is 11.7. The third kappa shape index (κ3) is 3.58. The highest BCUT2D eigenvalue weighted by Crippen LogP contribution is 2.28. The van der Waals surface area contributed by atoms with E-state index in [9.17, 15) is 14.8 Å². The third-order valence-corrected chi connectivity index (χ3v) is 5.32. The van der Waals surface area contributed by atoms with E-state index < -0.39 is 13.0 Å². The van der Waals surface area contributed by atoms with Crippen LogP contribution in [0.2, 0.25) is 0 Å². The molecule has 11 heteroatoms. The van der Waals surface area contributed by atoms with Gasteiger partial charge in [-0.25, -0.2) is 15.0 Å². The molecule has 0 spiro atoms. The summed E-state index contributed by atoms with van der Waals surface area (Å²) in [4.78, 5) is 25.5. The van der Waals surface area contributed by atoms with Crippen molar-refractivity contribution in [2.45, 2.75) is 19.8 Å². The molecule has 0 fully saturated rings. The molecule has 1 aromatic carbocycles. The minimum absolute atomic E-state index is 0.361. The first-order valence-electron chi connectivity index (χ1n) is 9.94. The minimum atomic E-state index is -1.53. The van der Waals surface area contributed by atoms with Crippen molar-refractivity contribution >= 4 is 29.8 Å². The van der Waals surface area contributed by atoms with Crippen LogP contribution < -0.4 is 16.5 Å². The number of nitrogens with zero attached hydrogens (tertiary/aromatic N) is 4. The summed E-state index contributed by atoms with van der Waals surface area (Å²) < 4.78 is 7.30. The second-order valence-corrected chi connectivity index (χ2v) is 7.41. The lowest BCUT2D eigenvalue weighted by atomic mass is 9.80. The van der Waals surface area contributed by atoms with E-state index in [0.717, 1.165) is 16.8 Å². The molecule has 4 aromatic rings. The number of pyridine rings is 1. The number of carbonyl (C=O) groups is 1. The van der Waals surface area contributed by atoms with Gasteiger partial charge in [-0.2, -0.15) is 0 Å².